The highest BCUT2D eigenvalue weighted by atomic mass is 16.1. The number of nitrogens with zero attached hydrogens (tertiary/aromatic N) is 2. The van der Waals surface area contributed by atoms with Crippen molar-refractivity contribution in [2.24, 2.45) is 10.2 Å². The standard InChI is InChI=1S/C16H13N3O/c1-17-16(20)15-13-9-11-7-5-3-2-4-6-8-12(11)10-14(13)18-19-15/h2-10H,1H3,(H,17,20)/b3-2?,4-2-,5-3-,6-4?,7-5?,8-6-,11-7-,12-8?. The van der Waals surface area contributed by atoms with Gasteiger partial charge in [-0.15, -0.1) is 10.2 Å². The molecule has 1 aromatic carbocycles. The molecule has 0 saturated heterocycles. The van der Waals surface area contributed by atoms with Crippen molar-refractivity contribution < 1.29 is 4.79 Å². The van der Waals surface area contributed by atoms with Crippen LogP contribution in [0.1, 0.15) is 11.1 Å². The summed E-state index contributed by atoms with van der Waals surface area (Å²) >= 11 is 0. The van der Waals surface area contributed by atoms with Gasteiger partial charge in [0, 0.05) is 12.6 Å². The molecule has 0 atom stereocenters. The van der Waals surface area contributed by atoms with Crippen LogP contribution in [0.5, 0.6) is 0 Å². The molecular formula is C16H13N3O. The molecule has 3 rings (SSSR count). The minimum absolute atomic E-state index is 0.219. The van der Waals surface area contributed by atoms with E-state index in [1.54, 1.807) is 7.05 Å². The maximum Gasteiger partial charge on any atom is 0.272 e. The Hall–Kier alpha value is -2.75. The first-order chi connectivity index (χ1) is 9.79. The summed E-state index contributed by atoms with van der Waals surface area (Å²) in [5.74, 6) is -0.219. The second kappa shape index (κ2) is 5.09. The fourth-order valence-electron chi connectivity index (χ4n) is 2.14. The van der Waals surface area contributed by atoms with Crippen molar-refractivity contribution >= 4 is 23.8 Å². The fraction of sp³-hybridized carbons (Fsp3) is 0.0625. The van der Waals surface area contributed by atoms with Gasteiger partial charge in [-0.05, 0) is 22.9 Å². The lowest BCUT2D eigenvalue weighted by atomic mass is 10.0. The van der Waals surface area contributed by atoms with Crippen molar-refractivity contribution in [3.05, 3.63) is 64.2 Å². The van der Waals surface area contributed by atoms with E-state index in [0.717, 1.165) is 21.7 Å². The van der Waals surface area contributed by atoms with Gasteiger partial charge in [0.15, 0.2) is 5.71 Å². The number of benzene rings is 1. The molecule has 1 heterocycles. The number of hydrogen-bond donors (Lipinski definition) is 1. The van der Waals surface area contributed by atoms with E-state index >= 15 is 0 Å². The average Bonchev–Trinajstić information content (AvgIpc) is 2.91. The molecule has 98 valence electrons. The van der Waals surface area contributed by atoms with Gasteiger partial charge in [0.2, 0.25) is 0 Å². The molecule has 0 fully saturated rings. The summed E-state index contributed by atoms with van der Waals surface area (Å²) in [4.78, 5) is 11.8. The molecule has 0 spiro atoms. The van der Waals surface area contributed by atoms with Crippen LogP contribution in [0.25, 0.3) is 12.2 Å². The first-order valence-corrected chi connectivity index (χ1v) is 6.33. The van der Waals surface area contributed by atoms with Gasteiger partial charge in [-0.25, -0.2) is 0 Å². The molecule has 1 N–H and O–H groups in total. The highest BCUT2D eigenvalue weighted by Gasteiger charge is 2.19. The van der Waals surface area contributed by atoms with Crippen LogP contribution in [0.15, 0.2) is 52.7 Å². The van der Waals surface area contributed by atoms with Gasteiger partial charge in [0.25, 0.3) is 5.91 Å². The van der Waals surface area contributed by atoms with E-state index in [0.29, 0.717) is 5.71 Å². The lowest BCUT2D eigenvalue weighted by molar-refractivity contribution is -0.114. The van der Waals surface area contributed by atoms with Gasteiger partial charge in [0.05, 0.1) is 5.36 Å². The summed E-state index contributed by atoms with van der Waals surface area (Å²) in [6, 6.07) is 3.90. The zero-order valence-corrected chi connectivity index (χ0v) is 11.0. The Labute approximate surface area is 116 Å². The molecule has 0 unspecified atom stereocenters. The summed E-state index contributed by atoms with van der Waals surface area (Å²) < 4.78 is 0. The minimum atomic E-state index is -0.219. The lowest BCUT2D eigenvalue weighted by Gasteiger charge is -2.02. The predicted octanol–water partition coefficient (Wildman–Crippen LogP) is 0.690. The Morgan fingerprint density at radius 1 is 1.05 bits per heavy atom. The maximum atomic E-state index is 11.8. The highest BCUT2D eigenvalue weighted by molar-refractivity contribution is 6.45. The van der Waals surface area contributed by atoms with Gasteiger partial charge >= 0.3 is 0 Å². The zero-order valence-electron chi connectivity index (χ0n) is 11.0. The third kappa shape index (κ3) is 2.12. The highest BCUT2D eigenvalue weighted by Crippen LogP contribution is 2.04. The van der Waals surface area contributed by atoms with E-state index in [1.807, 2.05) is 54.7 Å². The number of carbonyl (C=O) groups excluding carboxylic acids is 1. The van der Waals surface area contributed by atoms with Crippen LogP contribution >= 0.6 is 0 Å². The second-order valence-electron chi connectivity index (χ2n) is 4.42. The first kappa shape index (κ1) is 12.3. The Balaban J connectivity index is 2.19. The molecule has 0 saturated carbocycles. The third-order valence-corrected chi connectivity index (χ3v) is 3.15. The maximum absolute atomic E-state index is 11.8. The molecule has 1 aliphatic heterocycles. The van der Waals surface area contributed by atoms with Crippen LogP contribution in [-0.4, -0.2) is 18.7 Å². The van der Waals surface area contributed by atoms with Crippen LogP contribution in [0.2, 0.25) is 0 Å². The number of hydrogen-bond acceptors (Lipinski definition) is 3. The summed E-state index contributed by atoms with van der Waals surface area (Å²) in [5, 5.41) is 12.4. The fourth-order valence-corrected chi connectivity index (χ4v) is 2.14. The summed E-state index contributed by atoms with van der Waals surface area (Å²) in [6.07, 6.45) is 13.9. The van der Waals surface area contributed by atoms with Crippen LogP contribution in [0.4, 0.5) is 0 Å². The van der Waals surface area contributed by atoms with Crippen LogP contribution in [0, 0.1) is 0 Å². The topological polar surface area (TPSA) is 53.8 Å². The number of likely N-dealkylation sites (N-methyl/N-ethyl adjacent to an activating group) is 1. The van der Waals surface area contributed by atoms with Crippen molar-refractivity contribution in [2.45, 2.75) is 0 Å². The molecule has 1 amide bonds. The molecular weight excluding hydrogens is 250 g/mol. The van der Waals surface area contributed by atoms with Gasteiger partial charge in [-0.1, -0.05) is 42.5 Å². The Kier molecular flexibility index (Phi) is 3.13. The normalized spacial score (nSPS) is 21.4. The Morgan fingerprint density at radius 3 is 2.70 bits per heavy atom. The molecule has 1 aromatic rings. The van der Waals surface area contributed by atoms with Gasteiger partial charge in [0.1, 0.15) is 0 Å². The van der Waals surface area contributed by atoms with Gasteiger partial charge in [-0.2, -0.15) is 0 Å². The first-order valence-electron chi connectivity index (χ1n) is 6.33. The molecule has 2 aliphatic rings. The van der Waals surface area contributed by atoms with Crippen LogP contribution in [-0.2, 0) is 4.79 Å². The third-order valence-electron chi connectivity index (χ3n) is 3.15. The van der Waals surface area contributed by atoms with Crippen LogP contribution in [0.3, 0.4) is 0 Å². The van der Waals surface area contributed by atoms with Crippen molar-refractivity contribution in [1.82, 2.24) is 5.32 Å². The van der Waals surface area contributed by atoms with E-state index in [4.69, 9.17) is 0 Å². The summed E-state index contributed by atoms with van der Waals surface area (Å²) in [7, 11) is 1.59. The SMILES string of the molecule is CNC(=O)C1=NN=c2cc3\c(cc21)=C/C=C\C=C/C=C\3. The molecule has 20 heavy (non-hydrogen) atoms. The molecule has 1 aliphatic carbocycles. The van der Waals surface area contributed by atoms with Crippen molar-refractivity contribution in [2.75, 3.05) is 7.05 Å². The zero-order chi connectivity index (χ0) is 13.9. The van der Waals surface area contributed by atoms with Crippen molar-refractivity contribution in [1.29, 1.82) is 0 Å². The summed E-state index contributed by atoms with van der Waals surface area (Å²) in [6.45, 7) is 0. The largest absolute Gasteiger partial charge is 0.354 e. The van der Waals surface area contributed by atoms with E-state index in [1.165, 1.54) is 0 Å². The average molecular weight is 263 g/mol. The number of fused-ring (bicyclic) bond motifs is 2. The number of nitrogens with one attached hydrogen (secondary N) is 1. The predicted molar refractivity (Wildman–Crippen MR) is 79.6 cm³/mol. The minimum Gasteiger partial charge on any atom is -0.354 e. The van der Waals surface area contributed by atoms with E-state index in [9.17, 15) is 4.79 Å². The molecule has 0 bridgehead atoms. The second-order valence-corrected chi connectivity index (χ2v) is 4.42. The Morgan fingerprint density at radius 2 is 1.85 bits per heavy atom. The van der Waals surface area contributed by atoms with Crippen molar-refractivity contribution in [3.8, 4) is 0 Å². The van der Waals surface area contributed by atoms with E-state index in [-0.39, 0.29) is 5.91 Å². The van der Waals surface area contributed by atoms with Gasteiger partial charge in [-0.3, -0.25) is 4.79 Å². The number of carbonyl (C=O) groups is 1. The molecule has 0 radical (unpaired) electrons. The van der Waals surface area contributed by atoms with Crippen LogP contribution < -0.4 is 15.9 Å². The number of rotatable bonds is 1. The lowest BCUT2D eigenvalue weighted by Crippen LogP contribution is -2.31. The van der Waals surface area contributed by atoms with E-state index in [2.05, 4.69) is 15.5 Å². The number of amides is 1. The smallest absolute Gasteiger partial charge is 0.272 e. The monoisotopic (exact) mass is 263 g/mol. The number of allylic oxidation sites excluding steroid dienone is 5. The summed E-state index contributed by atoms with van der Waals surface area (Å²) in [5.41, 5.74) is 2.19. The van der Waals surface area contributed by atoms with Crippen molar-refractivity contribution in [3.63, 3.8) is 0 Å². The molecule has 4 nitrogen and oxygen atoms in total. The van der Waals surface area contributed by atoms with Gasteiger partial charge < -0.3 is 5.32 Å². The Bertz CT molecular complexity index is 811. The van der Waals surface area contributed by atoms with E-state index < -0.39 is 0 Å². The quantitative estimate of drug-likeness (QED) is 0.796. The molecule has 4 heteroatoms. The molecule has 0 aromatic heterocycles.